The van der Waals surface area contributed by atoms with Crippen molar-refractivity contribution in [2.24, 2.45) is 0 Å². The van der Waals surface area contributed by atoms with Crippen molar-refractivity contribution < 1.29 is 4.79 Å². The summed E-state index contributed by atoms with van der Waals surface area (Å²) in [5, 5.41) is 15.7. The van der Waals surface area contributed by atoms with Crippen LogP contribution in [0.3, 0.4) is 0 Å². The first-order valence-corrected chi connectivity index (χ1v) is 10.7. The molecule has 1 fully saturated rings. The number of amides is 1. The second-order valence-corrected chi connectivity index (χ2v) is 8.16. The van der Waals surface area contributed by atoms with E-state index >= 15 is 0 Å². The molecule has 1 aliphatic heterocycles. The van der Waals surface area contributed by atoms with E-state index in [1.807, 2.05) is 37.3 Å². The molecule has 1 amide bonds. The van der Waals surface area contributed by atoms with Gasteiger partial charge in [0.05, 0.1) is 11.4 Å². The molecule has 7 nitrogen and oxygen atoms in total. The van der Waals surface area contributed by atoms with E-state index in [0.29, 0.717) is 10.9 Å². The van der Waals surface area contributed by atoms with Crippen LogP contribution in [0.15, 0.2) is 59.8 Å². The van der Waals surface area contributed by atoms with Crippen LogP contribution < -0.4 is 5.32 Å². The van der Waals surface area contributed by atoms with Gasteiger partial charge < -0.3 is 5.32 Å². The number of nitrogens with one attached hydrogen (secondary N) is 1. The molecule has 0 unspecified atom stereocenters. The minimum absolute atomic E-state index is 0.0147. The summed E-state index contributed by atoms with van der Waals surface area (Å²) in [6.07, 6.45) is 0.976. The van der Waals surface area contributed by atoms with Crippen LogP contribution in [-0.4, -0.2) is 55.9 Å². The summed E-state index contributed by atoms with van der Waals surface area (Å²) < 4.78 is 1.68. The highest BCUT2D eigenvalue weighted by atomic mass is 32.2. The van der Waals surface area contributed by atoms with Crippen LogP contribution in [-0.2, 0) is 11.3 Å². The highest BCUT2D eigenvalue weighted by molar-refractivity contribution is 7.99. The van der Waals surface area contributed by atoms with Gasteiger partial charge in [-0.25, -0.2) is 0 Å². The molecule has 1 aromatic heterocycles. The molecule has 2 aromatic carbocycles. The summed E-state index contributed by atoms with van der Waals surface area (Å²) in [4.78, 5) is 14.8. The monoisotopic (exact) mass is 408 g/mol. The largest absolute Gasteiger partial charge is 0.351 e. The maximum absolute atomic E-state index is 12.4. The fraction of sp³-hybridized carbons (Fsp3) is 0.333. The molecular weight excluding hydrogens is 384 g/mol. The van der Waals surface area contributed by atoms with E-state index in [9.17, 15) is 4.79 Å². The van der Waals surface area contributed by atoms with Gasteiger partial charge in [0, 0.05) is 25.7 Å². The first kappa shape index (κ1) is 19.6. The molecule has 0 aliphatic carbocycles. The maximum Gasteiger partial charge on any atom is 0.230 e. The van der Waals surface area contributed by atoms with Crippen LogP contribution in [0.2, 0.25) is 0 Å². The van der Waals surface area contributed by atoms with Crippen molar-refractivity contribution in [2.45, 2.75) is 31.1 Å². The van der Waals surface area contributed by atoms with Crippen LogP contribution in [0.4, 0.5) is 0 Å². The number of carbonyl (C=O) groups excluding carboxylic acids is 1. The van der Waals surface area contributed by atoms with Gasteiger partial charge in [-0.2, -0.15) is 4.68 Å². The Hall–Kier alpha value is -2.71. The Labute approximate surface area is 174 Å². The molecule has 2 heterocycles. The maximum atomic E-state index is 12.4. The zero-order valence-corrected chi connectivity index (χ0v) is 17.2. The molecule has 29 heavy (non-hydrogen) atoms. The smallest absolute Gasteiger partial charge is 0.230 e. The normalized spacial score (nSPS) is 16.8. The van der Waals surface area contributed by atoms with Crippen LogP contribution in [0.25, 0.3) is 5.69 Å². The first-order chi connectivity index (χ1) is 14.2. The van der Waals surface area contributed by atoms with E-state index < -0.39 is 0 Å². The lowest BCUT2D eigenvalue weighted by molar-refractivity contribution is -0.119. The number of para-hydroxylation sites is 1. The zero-order valence-electron chi connectivity index (χ0n) is 16.4. The summed E-state index contributed by atoms with van der Waals surface area (Å²) in [6, 6.07) is 18.5. The minimum Gasteiger partial charge on any atom is -0.351 e. The van der Waals surface area contributed by atoms with Crippen LogP contribution in [0, 0.1) is 6.92 Å². The molecule has 1 N–H and O–H groups in total. The van der Waals surface area contributed by atoms with Crippen LogP contribution >= 0.6 is 11.8 Å². The first-order valence-electron chi connectivity index (χ1n) is 9.72. The fourth-order valence-electron chi connectivity index (χ4n) is 3.56. The van der Waals surface area contributed by atoms with Gasteiger partial charge in [0.25, 0.3) is 0 Å². The number of rotatable bonds is 7. The summed E-state index contributed by atoms with van der Waals surface area (Å²) >= 11 is 1.35. The molecule has 150 valence electrons. The van der Waals surface area contributed by atoms with E-state index in [1.54, 1.807) is 4.68 Å². The molecule has 3 aromatic rings. The van der Waals surface area contributed by atoms with Gasteiger partial charge in [0.2, 0.25) is 11.1 Å². The number of benzene rings is 2. The molecule has 0 saturated carbocycles. The lowest BCUT2D eigenvalue weighted by atomic mass is 10.2. The predicted octanol–water partition coefficient (Wildman–Crippen LogP) is 2.45. The number of carbonyl (C=O) groups is 1. The molecule has 1 aliphatic rings. The van der Waals surface area contributed by atoms with E-state index in [-0.39, 0.29) is 11.9 Å². The number of likely N-dealkylation sites (tertiary alicyclic amines) is 1. The summed E-state index contributed by atoms with van der Waals surface area (Å²) in [5.74, 6) is 0.308. The number of aryl methyl sites for hydroxylation is 1. The van der Waals surface area contributed by atoms with Gasteiger partial charge >= 0.3 is 0 Å². The van der Waals surface area contributed by atoms with Gasteiger partial charge in [-0.1, -0.05) is 60.3 Å². The van der Waals surface area contributed by atoms with E-state index in [4.69, 9.17) is 0 Å². The average Bonchev–Trinajstić information content (AvgIpc) is 3.37. The minimum atomic E-state index is 0.0147. The summed E-state index contributed by atoms with van der Waals surface area (Å²) in [7, 11) is 0. The number of thioether (sulfide) groups is 1. The quantitative estimate of drug-likeness (QED) is 0.605. The number of hydrogen-bond acceptors (Lipinski definition) is 6. The van der Waals surface area contributed by atoms with Crippen molar-refractivity contribution in [3.05, 3.63) is 65.7 Å². The second-order valence-electron chi connectivity index (χ2n) is 7.22. The van der Waals surface area contributed by atoms with E-state index in [0.717, 1.165) is 37.3 Å². The Morgan fingerprint density at radius 2 is 1.97 bits per heavy atom. The van der Waals surface area contributed by atoms with Crippen molar-refractivity contribution in [1.82, 2.24) is 30.4 Å². The zero-order chi connectivity index (χ0) is 20.1. The van der Waals surface area contributed by atoms with Gasteiger partial charge in [-0.05, 0) is 41.0 Å². The fourth-order valence-corrected chi connectivity index (χ4v) is 4.25. The highest BCUT2D eigenvalue weighted by Crippen LogP contribution is 2.20. The molecule has 4 rings (SSSR count). The van der Waals surface area contributed by atoms with Gasteiger partial charge in [0.15, 0.2) is 0 Å². The van der Waals surface area contributed by atoms with Gasteiger partial charge in [0.1, 0.15) is 0 Å². The molecular formula is C21H24N6OS. The third-order valence-corrected chi connectivity index (χ3v) is 5.92. The van der Waals surface area contributed by atoms with Crippen LogP contribution in [0.1, 0.15) is 17.5 Å². The molecule has 0 spiro atoms. The predicted molar refractivity (Wildman–Crippen MR) is 113 cm³/mol. The Balaban J connectivity index is 1.27. The standard InChI is InChI=1S/C21H24N6OS/c1-16-7-5-6-10-19(16)27-21(23-24-25-27)29-15-20(28)22-18-11-12-26(14-18)13-17-8-3-2-4-9-17/h2-10,18H,11-15H2,1H3,(H,22,28)/t18-/m0/s1. The van der Waals surface area contributed by atoms with Crippen LogP contribution in [0.5, 0.6) is 0 Å². The van der Waals surface area contributed by atoms with Gasteiger partial charge in [-0.3, -0.25) is 9.69 Å². The Kier molecular flexibility index (Phi) is 6.21. The SMILES string of the molecule is Cc1ccccc1-n1nnnc1SCC(=O)N[C@H]1CCN(Cc2ccccc2)C1. The van der Waals surface area contributed by atoms with Crippen molar-refractivity contribution in [1.29, 1.82) is 0 Å². The summed E-state index contributed by atoms with van der Waals surface area (Å²) in [5.41, 5.74) is 3.31. The van der Waals surface area contributed by atoms with Crippen molar-refractivity contribution in [2.75, 3.05) is 18.8 Å². The number of aromatic nitrogens is 4. The second kappa shape index (κ2) is 9.19. The highest BCUT2D eigenvalue weighted by Gasteiger charge is 2.24. The molecule has 1 saturated heterocycles. The Morgan fingerprint density at radius 3 is 2.79 bits per heavy atom. The molecule has 0 radical (unpaired) electrons. The van der Waals surface area contributed by atoms with Crippen molar-refractivity contribution in [3.63, 3.8) is 0 Å². The molecule has 1 atom stereocenters. The molecule has 0 bridgehead atoms. The lowest BCUT2D eigenvalue weighted by Crippen LogP contribution is -2.38. The number of tetrazole rings is 1. The van der Waals surface area contributed by atoms with E-state index in [2.05, 4.69) is 50.0 Å². The summed E-state index contributed by atoms with van der Waals surface area (Å²) in [6.45, 7) is 4.82. The third-order valence-electron chi connectivity index (χ3n) is 5.00. The average molecular weight is 409 g/mol. The third kappa shape index (κ3) is 5.02. The lowest BCUT2D eigenvalue weighted by Gasteiger charge is -2.16. The molecule has 8 heteroatoms. The topological polar surface area (TPSA) is 75.9 Å². The number of nitrogens with zero attached hydrogens (tertiary/aromatic N) is 5. The van der Waals surface area contributed by atoms with Gasteiger partial charge in [-0.15, -0.1) is 5.10 Å². The Morgan fingerprint density at radius 1 is 1.17 bits per heavy atom. The van der Waals surface area contributed by atoms with Crippen molar-refractivity contribution in [3.8, 4) is 5.69 Å². The number of hydrogen-bond donors (Lipinski definition) is 1. The Bertz CT molecular complexity index is 961. The van der Waals surface area contributed by atoms with Crippen molar-refractivity contribution >= 4 is 17.7 Å². The van der Waals surface area contributed by atoms with E-state index in [1.165, 1.54) is 17.3 Å².